The molecule has 0 unspecified atom stereocenters. The van der Waals surface area contributed by atoms with E-state index in [-0.39, 0.29) is 22.8 Å². The Morgan fingerprint density at radius 1 is 1.14 bits per heavy atom. The molecule has 0 spiro atoms. The Labute approximate surface area is 171 Å². The highest BCUT2D eigenvalue weighted by molar-refractivity contribution is 7.89. The van der Waals surface area contributed by atoms with E-state index in [1.54, 1.807) is 34.7 Å². The lowest BCUT2D eigenvalue weighted by atomic mass is 10.0. The third-order valence-corrected chi connectivity index (χ3v) is 8.18. The van der Waals surface area contributed by atoms with Crippen LogP contribution in [0.5, 0.6) is 0 Å². The number of hydrogen-bond donors (Lipinski definition) is 1. The first-order chi connectivity index (χ1) is 13.3. The van der Waals surface area contributed by atoms with Crippen LogP contribution in [0.25, 0.3) is 0 Å². The third-order valence-electron chi connectivity index (χ3n) is 5.19. The molecular weight excluding hydrogens is 392 g/mol. The van der Waals surface area contributed by atoms with Crippen LogP contribution in [0.15, 0.2) is 40.6 Å². The molecule has 0 bridgehead atoms. The average molecular weight is 421 g/mol. The van der Waals surface area contributed by atoms with Crippen molar-refractivity contribution in [3.63, 3.8) is 0 Å². The minimum absolute atomic E-state index is 0.101. The monoisotopic (exact) mass is 420 g/mol. The highest BCUT2D eigenvalue weighted by Gasteiger charge is 2.28. The van der Waals surface area contributed by atoms with Crippen LogP contribution in [-0.2, 0) is 10.0 Å². The number of amides is 1. The zero-order chi connectivity index (χ0) is 20.3. The maximum atomic E-state index is 13.1. The first-order valence-corrected chi connectivity index (χ1v) is 12.1. The van der Waals surface area contributed by atoms with Gasteiger partial charge in [0.1, 0.15) is 0 Å². The fourth-order valence-corrected chi connectivity index (χ4v) is 6.24. The van der Waals surface area contributed by atoms with Crippen molar-refractivity contribution >= 4 is 27.3 Å². The molecule has 1 amide bonds. The molecule has 28 heavy (non-hydrogen) atoms. The topological polar surface area (TPSA) is 66.5 Å². The minimum atomic E-state index is -3.58. The van der Waals surface area contributed by atoms with E-state index in [1.807, 2.05) is 17.5 Å². The fraction of sp³-hybridized carbons (Fsp3) is 0.476. The summed E-state index contributed by atoms with van der Waals surface area (Å²) < 4.78 is 27.7. The molecule has 0 radical (unpaired) electrons. The lowest BCUT2D eigenvalue weighted by Crippen LogP contribution is -2.36. The molecular formula is C21H28N2O3S2. The molecule has 1 aliphatic heterocycles. The van der Waals surface area contributed by atoms with Gasteiger partial charge in [0.15, 0.2) is 0 Å². The Kier molecular flexibility index (Phi) is 6.58. The van der Waals surface area contributed by atoms with E-state index in [0.717, 1.165) is 24.1 Å². The first kappa shape index (κ1) is 21.0. The van der Waals surface area contributed by atoms with Crippen LogP contribution in [0.1, 0.15) is 60.0 Å². The van der Waals surface area contributed by atoms with Crippen molar-refractivity contribution in [3.8, 4) is 0 Å². The van der Waals surface area contributed by atoms with Crippen LogP contribution in [0.3, 0.4) is 0 Å². The van der Waals surface area contributed by atoms with Gasteiger partial charge in [0.05, 0.1) is 10.9 Å². The first-order valence-electron chi connectivity index (χ1n) is 9.76. The summed E-state index contributed by atoms with van der Waals surface area (Å²) in [4.78, 5) is 14.2. The number of thiophene rings is 1. The molecule has 1 aromatic heterocycles. The van der Waals surface area contributed by atoms with E-state index < -0.39 is 10.0 Å². The van der Waals surface area contributed by atoms with Gasteiger partial charge >= 0.3 is 0 Å². The molecule has 2 heterocycles. The van der Waals surface area contributed by atoms with Gasteiger partial charge in [-0.3, -0.25) is 4.79 Å². The number of nitrogens with one attached hydrogen (secondary N) is 1. The molecule has 1 aliphatic rings. The number of hydrogen-bond acceptors (Lipinski definition) is 4. The molecule has 1 saturated heterocycles. The summed E-state index contributed by atoms with van der Waals surface area (Å²) in [5, 5.41) is 5.07. The molecule has 1 atom stereocenters. The normalized spacial score (nSPS) is 16.9. The smallest absolute Gasteiger partial charge is 0.251 e. The number of piperidine rings is 1. The van der Waals surface area contributed by atoms with Gasteiger partial charge < -0.3 is 5.32 Å². The SMILES string of the molecule is Cc1ccc(C(=O)N[C@@H](c2cccs2)C(C)C)cc1S(=O)(=O)N1CCCCC1. The summed E-state index contributed by atoms with van der Waals surface area (Å²) in [6.07, 6.45) is 2.83. The number of carbonyl (C=O) groups excluding carboxylic acids is 1. The van der Waals surface area contributed by atoms with Gasteiger partial charge in [0, 0.05) is 23.5 Å². The zero-order valence-electron chi connectivity index (χ0n) is 16.6. The molecule has 0 aliphatic carbocycles. The van der Waals surface area contributed by atoms with Gasteiger partial charge in [-0.15, -0.1) is 11.3 Å². The number of carbonyl (C=O) groups is 1. The Morgan fingerprint density at radius 2 is 1.86 bits per heavy atom. The predicted octanol–water partition coefficient (Wildman–Crippen LogP) is 4.36. The van der Waals surface area contributed by atoms with Crippen LogP contribution in [0.4, 0.5) is 0 Å². The second-order valence-corrected chi connectivity index (χ2v) is 10.5. The number of aryl methyl sites for hydroxylation is 1. The number of sulfonamides is 1. The zero-order valence-corrected chi connectivity index (χ0v) is 18.3. The third kappa shape index (κ3) is 4.47. The van der Waals surface area contributed by atoms with E-state index in [2.05, 4.69) is 19.2 Å². The Bertz CT molecular complexity index is 915. The van der Waals surface area contributed by atoms with Crippen molar-refractivity contribution in [2.75, 3.05) is 13.1 Å². The van der Waals surface area contributed by atoms with E-state index in [0.29, 0.717) is 24.2 Å². The van der Waals surface area contributed by atoms with Gasteiger partial charge in [-0.2, -0.15) is 4.31 Å². The van der Waals surface area contributed by atoms with Crippen molar-refractivity contribution in [3.05, 3.63) is 51.7 Å². The van der Waals surface area contributed by atoms with Gasteiger partial charge in [0.2, 0.25) is 10.0 Å². The number of nitrogens with zero attached hydrogens (tertiary/aromatic N) is 1. The van der Waals surface area contributed by atoms with E-state index in [9.17, 15) is 13.2 Å². The molecule has 152 valence electrons. The highest BCUT2D eigenvalue weighted by atomic mass is 32.2. The minimum Gasteiger partial charge on any atom is -0.344 e. The predicted molar refractivity (Wildman–Crippen MR) is 113 cm³/mol. The van der Waals surface area contributed by atoms with Crippen LogP contribution in [-0.4, -0.2) is 31.7 Å². The highest BCUT2D eigenvalue weighted by Crippen LogP contribution is 2.28. The van der Waals surface area contributed by atoms with E-state index in [4.69, 9.17) is 0 Å². The lowest BCUT2D eigenvalue weighted by molar-refractivity contribution is 0.0926. The van der Waals surface area contributed by atoms with Crippen molar-refractivity contribution in [1.29, 1.82) is 0 Å². The van der Waals surface area contributed by atoms with Crippen molar-refractivity contribution in [1.82, 2.24) is 9.62 Å². The lowest BCUT2D eigenvalue weighted by Gasteiger charge is -2.27. The fourth-order valence-electron chi connectivity index (χ4n) is 3.52. The summed E-state index contributed by atoms with van der Waals surface area (Å²) in [7, 11) is -3.58. The van der Waals surface area contributed by atoms with E-state index >= 15 is 0 Å². The van der Waals surface area contributed by atoms with Gasteiger partial charge in [-0.25, -0.2) is 8.42 Å². The molecule has 1 aromatic carbocycles. The second kappa shape index (κ2) is 8.76. The van der Waals surface area contributed by atoms with Crippen LogP contribution in [0.2, 0.25) is 0 Å². The van der Waals surface area contributed by atoms with Crippen molar-refractivity contribution in [2.24, 2.45) is 5.92 Å². The molecule has 1 fully saturated rings. The molecule has 0 saturated carbocycles. The summed E-state index contributed by atoms with van der Waals surface area (Å²) in [6, 6.07) is 8.83. The van der Waals surface area contributed by atoms with Gasteiger partial charge in [0.25, 0.3) is 5.91 Å². The molecule has 5 nitrogen and oxygen atoms in total. The maximum Gasteiger partial charge on any atom is 0.251 e. The summed E-state index contributed by atoms with van der Waals surface area (Å²) in [5.74, 6) is -0.0215. The van der Waals surface area contributed by atoms with Crippen LogP contribution < -0.4 is 5.32 Å². The largest absolute Gasteiger partial charge is 0.344 e. The summed E-state index contributed by atoms with van der Waals surface area (Å²) in [6.45, 7) is 7.00. The van der Waals surface area contributed by atoms with Crippen molar-refractivity contribution in [2.45, 2.75) is 51.0 Å². The van der Waals surface area contributed by atoms with Crippen LogP contribution in [0, 0.1) is 12.8 Å². The van der Waals surface area contributed by atoms with Crippen molar-refractivity contribution < 1.29 is 13.2 Å². The molecule has 7 heteroatoms. The van der Waals surface area contributed by atoms with Gasteiger partial charge in [-0.05, 0) is 54.8 Å². The average Bonchev–Trinajstić information content (AvgIpc) is 3.21. The molecule has 3 rings (SSSR count). The Hall–Kier alpha value is -1.70. The number of rotatable bonds is 6. The van der Waals surface area contributed by atoms with Crippen LogP contribution >= 0.6 is 11.3 Å². The van der Waals surface area contributed by atoms with Gasteiger partial charge in [-0.1, -0.05) is 32.4 Å². The Morgan fingerprint density at radius 3 is 2.46 bits per heavy atom. The molecule has 1 N–H and O–H groups in total. The quantitative estimate of drug-likeness (QED) is 0.755. The standard InChI is InChI=1S/C21H28N2O3S2/c1-15(2)20(18-8-7-13-27-18)22-21(24)17-10-9-16(3)19(14-17)28(25,26)23-11-5-4-6-12-23/h7-10,13-15,20H,4-6,11-12H2,1-3H3,(H,22,24)/t20-/m1/s1. The summed E-state index contributed by atoms with van der Waals surface area (Å²) >= 11 is 1.61. The molecule has 2 aromatic rings. The van der Waals surface area contributed by atoms with E-state index in [1.165, 1.54) is 6.07 Å². The second-order valence-electron chi connectivity index (χ2n) is 7.66. The maximum absolute atomic E-state index is 13.1. The number of benzene rings is 1. The Balaban J connectivity index is 1.87. The summed E-state index contributed by atoms with van der Waals surface area (Å²) in [5.41, 5.74) is 1.05.